The Morgan fingerprint density at radius 3 is 2.45 bits per heavy atom. The van der Waals surface area contributed by atoms with E-state index in [2.05, 4.69) is 4.98 Å². The van der Waals surface area contributed by atoms with Crippen molar-refractivity contribution in [3.8, 4) is 0 Å². The molecule has 164 valence electrons. The van der Waals surface area contributed by atoms with Gasteiger partial charge in [0.2, 0.25) is 0 Å². The van der Waals surface area contributed by atoms with Crippen LogP contribution in [0.15, 0.2) is 72.3 Å². The van der Waals surface area contributed by atoms with Crippen LogP contribution < -0.4 is 4.90 Å². The molecule has 8 heteroatoms. The van der Waals surface area contributed by atoms with E-state index in [4.69, 9.17) is 11.6 Å². The second-order valence-electron chi connectivity index (χ2n) is 7.70. The zero-order valence-corrected chi connectivity index (χ0v) is 18.8. The van der Waals surface area contributed by atoms with Gasteiger partial charge >= 0.3 is 5.91 Å². The summed E-state index contributed by atoms with van der Waals surface area (Å²) in [5.41, 5.74) is 2.45. The Bertz CT molecular complexity index is 1450. The summed E-state index contributed by atoms with van der Waals surface area (Å²) in [7, 11) is 0. The van der Waals surface area contributed by atoms with Crippen molar-refractivity contribution < 1.29 is 19.1 Å². The maximum absolute atomic E-state index is 13.7. The molecule has 0 radical (unpaired) electrons. The van der Waals surface area contributed by atoms with Crippen LogP contribution in [-0.4, -0.2) is 21.8 Å². The van der Waals surface area contributed by atoms with Crippen molar-refractivity contribution in [2.45, 2.75) is 13.0 Å². The molecular weight excluding hydrogens is 463 g/mol. The van der Waals surface area contributed by atoms with Crippen molar-refractivity contribution in [2.24, 2.45) is 0 Å². The van der Waals surface area contributed by atoms with Crippen molar-refractivity contribution >= 4 is 55.7 Å². The number of rotatable bonds is 3. The highest BCUT2D eigenvalue weighted by Gasteiger charge is 2.48. The van der Waals surface area contributed by atoms with Crippen LogP contribution in [0.25, 0.3) is 16.0 Å². The highest BCUT2D eigenvalue weighted by Crippen LogP contribution is 2.44. The Kier molecular flexibility index (Phi) is 5.23. The summed E-state index contributed by atoms with van der Waals surface area (Å²) in [6.45, 7) is 1.91. The molecule has 0 aliphatic carbocycles. The van der Waals surface area contributed by atoms with E-state index >= 15 is 0 Å². The summed E-state index contributed by atoms with van der Waals surface area (Å²) in [4.78, 5) is 32.1. The Balaban J connectivity index is 1.73. The molecule has 5 rings (SSSR count). The number of aliphatic hydroxyl groups excluding tert-OH is 1. The fourth-order valence-electron chi connectivity index (χ4n) is 3.85. The molecule has 0 unspecified atom stereocenters. The molecule has 1 aliphatic heterocycles. The number of nitrogens with zero attached hydrogens (tertiary/aromatic N) is 2. The van der Waals surface area contributed by atoms with Gasteiger partial charge in [-0.3, -0.25) is 14.5 Å². The summed E-state index contributed by atoms with van der Waals surface area (Å²) in [6.07, 6.45) is 0. The van der Waals surface area contributed by atoms with Gasteiger partial charge in [0.1, 0.15) is 11.6 Å². The lowest BCUT2D eigenvalue weighted by atomic mass is 9.95. The summed E-state index contributed by atoms with van der Waals surface area (Å²) in [5, 5.41) is 11.8. The van der Waals surface area contributed by atoms with Crippen molar-refractivity contribution in [3.05, 3.63) is 99.8 Å². The van der Waals surface area contributed by atoms with E-state index in [1.807, 2.05) is 19.1 Å². The number of Topliss-reactive ketones (excluding diaryl/α,β-unsaturated/α-hetero) is 1. The molecule has 2 heterocycles. The quantitative estimate of drug-likeness (QED) is 0.222. The first-order valence-electron chi connectivity index (χ1n) is 10.0. The maximum Gasteiger partial charge on any atom is 0.301 e. The molecule has 1 amide bonds. The van der Waals surface area contributed by atoms with Crippen LogP contribution in [0.3, 0.4) is 0 Å². The smallest absolute Gasteiger partial charge is 0.301 e. The normalized spacial score (nSPS) is 17.8. The minimum absolute atomic E-state index is 0.0448. The Hall–Kier alpha value is -3.55. The molecule has 0 saturated carbocycles. The predicted octanol–water partition coefficient (Wildman–Crippen LogP) is 6.02. The molecule has 1 aliphatic rings. The fourth-order valence-corrected chi connectivity index (χ4v) is 4.99. The topological polar surface area (TPSA) is 70.5 Å². The summed E-state index contributed by atoms with van der Waals surface area (Å²) in [6, 6.07) is 16.9. The van der Waals surface area contributed by atoms with Gasteiger partial charge in [-0.25, -0.2) is 9.37 Å². The van der Waals surface area contributed by atoms with Gasteiger partial charge in [0, 0.05) is 10.6 Å². The molecule has 1 saturated heterocycles. The number of benzene rings is 3. The number of carbonyl (C=O) groups excluding carboxylic acids is 2. The highest BCUT2D eigenvalue weighted by molar-refractivity contribution is 7.22. The van der Waals surface area contributed by atoms with Gasteiger partial charge in [-0.15, -0.1) is 0 Å². The van der Waals surface area contributed by atoms with Gasteiger partial charge in [0.25, 0.3) is 5.78 Å². The number of fused-ring (bicyclic) bond motifs is 1. The van der Waals surface area contributed by atoms with Gasteiger partial charge in [0.05, 0.1) is 21.8 Å². The third-order valence-electron chi connectivity index (χ3n) is 5.50. The highest BCUT2D eigenvalue weighted by atomic mass is 35.5. The number of hydrogen-bond donors (Lipinski definition) is 1. The van der Waals surface area contributed by atoms with Crippen LogP contribution >= 0.6 is 22.9 Å². The number of amides is 1. The standard InChI is InChI=1S/C25H16ClFN2O3S/c1-13-2-4-15(5-3-13)22(30)20-21(14-6-8-16(26)9-7-14)29(24(32)23(20)31)25-28-18-11-10-17(27)12-19(18)33-25/h2-12,21,30H,1H3/t21-/m0/s1. The molecule has 1 atom stereocenters. The zero-order valence-electron chi connectivity index (χ0n) is 17.3. The van der Waals surface area contributed by atoms with Crippen molar-refractivity contribution in [1.29, 1.82) is 0 Å². The Morgan fingerprint density at radius 2 is 1.76 bits per heavy atom. The lowest BCUT2D eigenvalue weighted by molar-refractivity contribution is -0.132. The number of aryl methyl sites for hydroxylation is 1. The van der Waals surface area contributed by atoms with Crippen LogP contribution in [0, 0.1) is 12.7 Å². The SMILES string of the molecule is Cc1ccc(C(O)=C2C(=O)C(=O)N(c3nc4ccc(F)cc4s3)[C@H]2c2ccc(Cl)cc2)cc1. The monoisotopic (exact) mass is 478 g/mol. The minimum atomic E-state index is -0.922. The van der Waals surface area contributed by atoms with Gasteiger partial charge in [-0.05, 0) is 42.8 Å². The van der Waals surface area contributed by atoms with E-state index in [0.29, 0.717) is 26.4 Å². The van der Waals surface area contributed by atoms with E-state index in [1.165, 1.54) is 23.1 Å². The van der Waals surface area contributed by atoms with Gasteiger partial charge in [0.15, 0.2) is 5.13 Å². The molecular formula is C25H16ClFN2O3S. The molecule has 0 spiro atoms. The number of carbonyl (C=O) groups is 2. The summed E-state index contributed by atoms with van der Waals surface area (Å²) >= 11 is 7.15. The molecule has 1 aromatic heterocycles. The Morgan fingerprint density at radius 1 is 1.06 bits per heavy atom. The van der Waals surface area contributed by atoms with E-state index in [0.717, 1.165) is 16.9 Å². The first-order chi connectivity index (χ1) is 15.8. The molecule has 1 N–H and O–H groups in total. The first kappa shape index (κ1) is 21.3. The van der Waals surface area contributed by atoms with Crippen LogP contribution in [0.4, 0.5) is 9.52 Å². The summed E-state index contributed by atoms with van der Waals surface area (Å²) < 4.78 is 14.3. The van der Waals surface area contributed by atoms with Crippen molar-refractivity contribution in [3.63, 3.8) is 0 Å². The van der Waals surface area contributed by atoms with Crippen LogP contribution in [0.5, 0.6) is 0 Å². The third-order valence-corrected chi connectivity index (χ3v) is 6.77. The number of halogens is 2. The second kappa shape index (κ2) is 8.10. The largest absolute Gasteiger partial charge is 0.507 e. The average molecular weight is 479 g/mol. The number of anilines is 1. The maximum atomic E-state index is 13.7. The zero-order chi connectivity index (χ0) is 23.3. The number of ketones is 1. The van der Waals surface area contributed by atoms with Crippen LogP contribution in [0.1, 0.15) is 22.7 Å². The molecule has 5 nitrogen and oxygen atoms in total. The lowest BCUT2D eigenvalue weighted by Gasteiger charge is -2.23. The predicted molar refractivity (Wildman–Crippen MR) is 127 cm³/mol. The van der Waals surface area contributed by atoms with Gasteiger partial charge < -0.3 is 5.11 Å². The van der Waals surface area contributed by atoms with E-state index in [1.54, 1.807) is 36.4 Å². The molecule has 3 aromatic carbocycles. The number of aromatic nitrogens is 1. The van der Waals surface area contributed by atoms with Crippen molar-refractivity contribution in [1.82, 2.24) is 4.98 Å². The number of aliphatic hydroxyl groups is 1. The fraction of sp³-hybridized carbons (Fsp3) is 0.0800. The van der Waals surface area contributed by atoms with E-state index < -0.39 is 23.5 Å². The van der Waals surface area contributed by atoms with Gasteiger partial charge in [-0.2, -0.15) is 0 Å². The third kappa shape index (κ3) is 3.69. The number of hydrogen-bond acceptors (Lipinski definition) is 5. The molecule has 1 fully saturated rings. The van der Waals surface area contributed by atoms with Crippen molar-refractivity contribution in [2.75, 3.05) is 4.90 Å². The van der Waals surface area contributed by atoms with Gasteiger partial charge in [-0.1, -0.05) is 64.9 Å². The van der Waals surface area contributed by atoms with Crippen LogP contribution in [0.2, 0.25) is 5.02 Å². The second-order valence-corrected chi connectivity index (χ2v) is 9.14. The van der Waals surface area contributed by atoms with E-state index in [9.17, 15) is 19.1 Å². The number of thiazole rings is 1. The van der Waals surface area contributed by atoms with Crippen LogP contribution in [-0.2, 0) is 9.59 Å². The van der Waals surface area contributed by atoms with E-state index in [-0.39, 0.29) is 16.5 Å². The average Bonchev–Trinajstić information content (AvgIpc) is 3.32. The first-order valence-corrected chi connectivity index (χ1v) is 11.2. The molecule has 0 bridgehead atoms. The molecule has 4 aromatic rings. The summed E-state index contributed by atoms with van der Waals surface area (Å²) in [5.74, 6) is -2.34. The lowest BCUT2D eigenvalue weighted by Crippen LogP contribution is -2.29. The minimum Gasteiger partial charge on any atom is -0.507 e. The molecule has 33 heavy (non-hydrogen) atoms. The Labute approximate surface area is 197 Å².